The highest BCUT2D eigenvalue weighted by Crippen LogP contribution is 1.97. The standard InChI is InChI=1S/C14H26N4O6.C2H6.CH2O/c19-12(20)9-16-3-1-15-2-4-17(10-13(21)22)6-8-18(7-5-16)11-14(23)24;2*1-2/h15H,1-11H2,(H,19,20)(H,21,22)(H,23,24);1-2H3;1H2. The van der Waals surface area contributed by atoms with E-state index in [0.717, 1.165) is 0 Å². The van der Waals surface area contributed by atoms with Crippen molar-refractivity contribution in [2.75, 3.05) is 72.0 Å². The van der Waals surface area contributed by atoms with Gasteiger partial charge in [0.25, 0.3) is 0 Å². The Bertz CT molecular complexity index is 421. The minimum absolute atomic E-state index is 0.0896. The second-order valence-corrected chi connectivity index (χ2v) is 5.76. The van der Waals surface area contributed by atoms with Gasteiger partial charge >= 0.3 is 17.9 Å². The van der Waals surface area contributed by atoms with E-state index in [-0.39, 0.29) is 19.6 Å². The molecule has 0 unspecified atom stereocenters. The molecule has 0 atom stereocenters. The first-order valence-electron chi connectivity index (χ1n) is 9.19. The van der Waals surface area contributed by atoms with Crippen LogP contribution in [0.15, 0.2) is 0 Å². The smallest absolute Gasteiger partial charge is 0.317 e. The number of aliphatic carboxylic acids is 3. The first kappa shape index (κ1) is 28.1. The average molecular weight is 406 g/mol. The van der Waals surface area contributed by atoms with Gasteiger partial charge in [0.2, 0.25) is 0 Å². The molecule has 4 N–H and O–H groups in total. The van der Waals surface area contributed by atoms with Gasteiger partial charge in [-0.1, -0.05) is 13.8 Å². The van der Waals surface area contributed by atoms with Crippen LogP contribution < -0.4 is 5.32 Å². The van der Waals surface area contributed by atoms with E-state index in [1.807, 2.05) is 20.6 Å². The van der Waals surface area contributed by atoms with Crippen LogP contribution in [0.4, 0.5) is 0 Å². The van der Waals surface area contributed by atoms with E-state index in [0.29, 0.717) is 52.4 Å². The molecule has 0 aliphatic carbocycles. The molecule has 0 aromatic carbocycles. The van der Waals surface area contributed by atoms with Crippen molar-refractivity contribution in [2.45, 2.75) is 13.8 Å². The molecule has 1 heterocycles. The highest BCUT2D eigenvalue weighted by atomic mass is 16.4. The topological polar surface area (TPSA) is 151 Å². The second-order valence-electron chi connectivity index (χ2n) is 5.76. The molecule has 0 aromatic rings. The molecule has 0 spiro atoms. The Hall–Kier alpha value is -2.08. The van der Waals surface area contributed by atoms with Crippen molar-refractivity contribution in [3.63, 3.8) is 0 Å². The number of carbonyl (C=O) groups excluding carboxylic acids is 1. The average Bonchev–Trinajstić information content (AvgIpc) is 2.63. The summed E-state index contributed by atoms with van der Waals surface area (Å²) in [6, 6.07) is 0. The lowest BCUT2D eigenvalue weighted by atomic mass is 10.3. The fourth-order valence-corrected chi connectivity index (χ4v) is 2.55. The van der Waals surface area contributed by atoms with Gasteiger partial charge in [-0.15, -0.1) is 0 Å². The van der Waals surface area contributed by atoms with Crippen LogP contribution in [0.1, 0.15) is 13.8 Å². The molecule has 0 saturated carbocycles. The van der Waals surface area contributed by atoms with Crippen molar-refractivity contribution >= 4 is 24.7 Å². The summed E-state index contributed by atoms with van der Waals surface area (Å²) in [5, 5.41) is 30.1. The van der Waals surface area contributed by atoms with Crippen molar-refractivity contribution in [3.05, 3.63) is 0 Å². The second kappa shape index (κ2) is 18.3. The molecule has 11 heteroatoms. The molecule has 1 fully saturated rings. The predicted octanol–water partition coefficient (Wildman–Crippen LogP) is -1.41. The lowest BCUT2D eigenvalue weighted by Gasteiger charge is -2.29. The number of hydrogen-bond donors (Lipinski definition) is 4. The van der Waals surface area contributed by atoms with Crippen LogP contribution in [0, 0.1) is 0 Å². The van der Waals surface area contributed by atoms with E-state index in [1.54, 1.807) is 14.7 Å². The minimum atomic E-state index is -0.960. The van der Waals surface area contributed by atoms with E-state index >= 15 is 0 Å². The molecule has 28 heavy (non-hydrogen) atoms. The zero-order valence-corrected chi connectivity index (χ0v) is 16.8. The van der Waals surface area contributed by atoms with Gasteiger partial charge in [0, 0.05) is 52.4 Å². The van der Waals surface area contributed by atoms with E-state index in [4.69, 9.17) is 20.1 Å². The monoisotopic (exact) mass is 406 g/mol. The maximum Gasteiger partial charge on any atom is 0.317 e. The lowest BCUT2D eigenvalue weighted by molar-refractivity contribution is -0.140. The number of rotatable bonds is 6. The third kappa shape index (κ3) is 16.1. The molecule has 0 radical (unpaired) electrons. The molecule has 11 nitrogen and oxygen atoms in total. The summed E-state index contributed by atoms with van der Waals surface area (Å²) in [6.45, 7) is 9.64. The Morgan fingerprint density at radius 1 is 0.679 bits per heavy atom. The molecule has 1 aliphatic heterocycles. The maximum atomic E-state index is 11.0. The normalized spacial score (nSPS) is 17.5. The van der Waals surface area contributed by atoms with Crippen LogP contribution in [0.25, 0.3) is 0 Å². The predicted molar refractivity (Wildman–Crippen MR) is 104 cm³/mol. The number of hydrogen-bond acceptors (Lipinski definition) is 8. The van der Waals surface area contributed by atoms with Crippen molar-refractivity contribution in [1.29, 1.82) is 0 Å². The fraction of sp³-hybridized carbons (Fsp3) is 0.765. The summed E-state index contributed by atoms with van der Waals surface area (Å²) >= 11 is 0. The van der Waals surface area contributed by atoms with E-state index < -0.39 is 17.9 Å². The number of nitrogens with one attached hydrogen (secondary N) is 1. The number of carbonyl (C=O) groups is 4. The van der Waals surface area contributed by atoms with E-state index in [1.165, 1.54) is 0 Å². The van der Waals surface area contributed by atoms with Gasteiger partial charge in [0.1, 0.15) is 6.79 Å². The quantitative estimate of drug-likeness (QED) is 0.412. The van der Waals surface area contributed by atoms with E-state index in [9.17, 15) is 14.4 Å². The molecular weight excluding hydrogens is 372 g/mol. The van der Waals surface area contributed by atoms with Crippen LogP contribution in [0.3, 0.4) is 0 Å². The van der Waals surface area contributed by atoms with Crippen LogP contribution in [-0.4, -0.2) is 127 Å². The first-order chi connectivity index (χ1) is 13.4. The van der Waals surface area contributed by atoms with Crippen molar-refractivity contribution in [1.82, 2.24) is 20.0 Å². The number of carboxylic acids is 3. The van der Waals surface area contributed by atoms with Gasteiger partial charge in [-0.2, -0.15) is 0 Å². The minimum Gasteiger partial charge on any atom is -0.480 e. The van der Waals surface area contributed by atoms with Crippen molar-refractivity contribution in [3.8, 4) is 0 Å². The van der Waals surface area contributed by atoms with Gasteiger partial charge in [-0.05, 0) is 0 Å². The molecule has 1 aliphatic rings. The zero-order chi connectivity index (χ0) is 21.9. The molecular formula is C17H34N4O7. The molecule has 0 aromatic heterocycles. The highest BCUT2D eigenvalue weighted by Gasteiger charge is 2.17. The van der Waals surface area contributed by atoms with Gasteiger partial charge in [-0.3, -0.25) is 29.1 Å². The Morgan fingerprint density at radius 2 is 0.929 bits per heavy atom. The van der Waals surface area contributed by atoms with E-state index in [2.05, 4.69) is 5.32 Å². The Balaban J connectivity index is 0. The number of nitrogens with zero attached hydrogens (tertiary/aromatic N) is 3. The summed E-state index contributed by atoms with van der Waals surface area (Å²) in [7, 11) is 0. The van der Waals surface area contributed by atoms with Gasteiger partial charge in [-0.25, -0.2) is 0 Å². The van der Waals surface area contributed by atoms with Crippen LogP contribution in [0.2, 0.25) is 0 Å². The van der Waals surface area contributed by atoms with Gasteiger partial charge < -0.3 is 25.4 Å². The third-order valence-corrected chi connectivity index (χ3v) is 3.75. The van der Waals surface area contributed by atoms with Gasteiger partial charge in [0.15, 0.2) is 0 Å². The molecule has 1 rings (SSSR count). The number of carboxylic acid groups (broad SMARTS) is 3. The summed E-state index contributed by atoms with van der Waals surface area (Å²) in [5.41, 5.74) is 0. The highest BCUT2D eigenvalue weighted by molar-refractivity contribution is 5.69. The van der Waals surface area contributed by atoms with Crippen molar-refractivity contribution in [2.24, 2.45) is 0 Å². The Labute approximate surface area is 165 Å². The summed E-state index contributed by atoms with van der Waals surface area (Å²) in [6.07, 6.45) is 0. The largest absolute Gasteiger partial charge is 0.480 e. The third-order valence-electron chi connectivity index (χ3n) is 3.75. The zero-order valence-electron chi connectivity index (χ0n) is 16.8. The van der Waals surface area contributed by atoms with Gasteiger partial charge in [0.05, 0.1) is 19.6 Å². The van der Waals surface area contributed by atoms with Crippen LogP contribution >= 0.6 is 0 Å². The summed E-state index contributed by atoms with van der Waals surface area (Å²) in [5.74, 6) is -2.79. The summed E-state index contributed by atoms with van der Waals surface area (Å²) in [4.78, 5) is 46.1. The lowest BCUT2D eigenvalue weighted by Crippen LogP contribution is -2.47. The van der Waals surface area contributed by atoms with Crippen LogP contribution in [0.5, 0.6) is 0 Å². The Kier molecular flexibility index (Phi) is 18.4. The van der Waals surface area contributed by atoms with Crippen molar-refractivity contribution < 1.29 is 34.5 Å². The molecule has 164 valence electrons. The SMILES string of the molecule is C=O.CC.O=C(O)CN1CCNCCN(CC(=O)O)CCN(CC(=O)O)CC1. The molecule has 1 saturated heterocycles. The maximum absolute atomic E-state index is 11.0. The first-order valence-corrected chi connectivity index (χ1v) is 9.19. The molecule has 0 amide bonds. The Morgan fingerprint density at radius 3 is 1.18 bits per heavy atom. The molecule has 0 bridgehead atoms. The fourth-order valence-electron chi connectivity index (χ4n) is 2.55. The summed E-state index contributed by atoms with van der Waals surface area (Å²) < 4.78 is 0. The van der Waals surface area contributed by atoms with Crippen LogP contribution in [-0.2, 0) is 19.2 Å².